The number of nitriles is 1. The fourth-order valence-electron chi connectivity index (χ4n) is 1.88. The van der Waals surface area contributed by atoms with Crippen LogP contribution in [0, 0.1) is 32.1 Å². The summed E-state index contributed by atoms with van der Waals surface area (Å²) in [6.07, 6.45) is 1.92. The molecule has 0 bridgehead atoms. The van der Waals surface area contributed by atoms with Gasteiger partial charge in [0.05, 0.1) is 11.8 Å². The molecule has 0 spiro atoms. The highest BCUT2D eigenvalue weighted by molar-refractivity contribution is 7.86. The van der Waals surface area contributed by atoms with Gasteiger partial charge in [-0.2, -0.15) is 13.7 Å². The topological polar surface area (TPSA) is 67.2 Å². The largest absolute Gasteiger partial charge is 0.389 e. The summed E-state index contributed by atoms with van der Waals surface area (Å²) in [7, 11) is -3.60. The average Bonchev–Trinajstić information content (AvgIpc) is 2.20. The first-order valence-electron chi connectivity index (χ1n) is 5.31. The Kier molecular flexibility index (Phi) is 4.15. The number of aryl methyl sites for hydroxylation is 3. The summed E-state index contributed by atoms with van der Waals surface area (Å²) in [6, 6.07) is 5.84. The molecule has 0 radical (unpaired) electrons. The minimum absolute atomic E-state index is 0.204. The molecule has 0 amide bonds. The zero-order valence-corrected chi connectivity index (χ0v) is 11.6. The molecular formula is C13H15NO3S. The van der Waals surface area contributed by atoms with Crippen LogP contribution in [-0.4, -0.2) is 14.7 Å². The van der Waals surface area contributed by atoms with Crippen LogP contribution < -0.4 is 0 Å². The normalized spacial score (nSPS) is 12.1. The Morgan fingerprint density at radius 1 is 1.28 bits per heavy atom. The first-order valence-corrected chi connectivity index (χ1v) is 7.13. The fourth-order valence-corrected chi connectivity index (χ4v) is 2.15. The molecule has 0 saturated heterocycles. The van der Waals surface area contributed by atoms with Crippen LogP contribution in [0.2, 0.25) is 0 Å². The molecule has 0 aliphatic heterocycles. The molecule has 0 heterocycles. The third-order valence-electron chi connectivity index (χ3n) is 2.41. The molecule has 1 rings (SSSR count). The van der Waals surface area contributed by atoms with Crippen molar-refractivity contribution < 1.29 is 12.6 Å². The van der Waals surface area contributed by atoms with Crippen LogP contribution >= 0.6 is 0 Å². The van der Waals surface area contributed by atoms with Crippen LogP contribution in [0.4, 0.5) is 0 Å². The van der Waals surface area contributed by atoms with Gasteiger partial charge in [0, 0.05) is 5.56 Å². The molecule has 5 heteroatoms. The van der Waals surface area contributed by atoms with Crippen molar-refractivity contribution in [2.24, 2.45) is 0 Å². The highest BCUT2D eigenvalue weighted by Gasteiger charge is 2.10. The molecule has 1 aromatic rings. The monoisotopic (exact) mass is 265 g/mol. The quantitative estimate of drug-likeness (QED) is 0.478. The molecule has 18 heavy (non-hydrogen) atoms. The third-order valence-corrected chi connectivity index (χ3v) is 2.85. The van der Waals surface area contributed by atoms with E-state index >= 15 is 0 Å². The smallest absolute Gasteiger partial charge is 0.305 e. The van der Waals surface area contributed by atoms with Gasteiger partial charge in [0.1, 0.15) is 12.3 Å². The number of allylic oxidation sites excluding steroid dienone is 1. The van der Waals surface area contributed by atoms with E-state index in [9.17, 15) is 8.42 Å². The van der Waals surface area contributed by atoms with Gasteiger partial charge < -0.3 is 4.18 Å². The highest BCUT2D eigenvalue weighted by Crippen LogP contribution is 2.24. The Balaban J connectivity index is 3.32. The summed E-state index contributed by atoms with van der Waals surface area (Å²) in [5, 5.41) is 9.10. The van der Waals surface area contributed by atoms with Gasteiger partial charge in [-0.3, -0.25) is 0 Å². The van der Waals surface area contributed by atoms with Gasteiger partial charge in [-0.05, 0) is 31.9 Å². The molecule has 0 aromatic heterocycles. The van der Waals surface area contributed by atoms with Gasteiger partial charge in [0.2, 0.25) is 0 Å². The molecule has 96 valence electrons. The van der Waals surface area contributed by atoms with Gasteiger partial charge in [-0.1, -0.05) is 17.7 Å². The van der Waals surface area contributed by atoms with E-state index in [2.05, 4.69) is 4.18 Å². The van der Waals surface area contributed by atoms with Crippen molar-refractivity contribution in [3.63, 3.8) is 0 Å². The maximum atomic E-state index is 10.9. The van der Waals surface area contributed by atoms with Crippen molar-refractivity contribution in [3.8, 4) is 6.07 Å². The molecule has 0 fully saturated rings. The molecule has 0 N–H and O–H groups in total. The number of benzene rings is 1. The summed E-state index contributed by atoms with van der Waals surface area (Å²) < 4.78 is 26.4. The number of hydrogen-bond donors (Lipinski definition) is 0. The van der Waals surface area contributed by atoms with Gasteiger partial charge >= 0.3 is 10.1 Å². The second-order valence-corrected chi connectivity index (χ2v) is 5.82. The third kappa shape index (κ3) is 3.60. The van der Waals surface area contributed by atoms with Crippen molar-refractivity contribution in [3.05, 3.63) is 40.6 Å². The Bertz CT molecular complexity index is 614. The lowest BCUT2D eigenvalue weighted by Crippen LogP contribution is -1.99. The van der Waals surface area contributed by atoms with Crippen LogP contribution in [0.15, 0.2) is 18.4 Å². The number of rotatable bonds is 3. The highest BCUT2D eigenvalue weighted by atomic mass is 32.2. The van der Waals surface area contributed by atoms with Gasteiger partial charge in [0.25, 0.3) is 0 Å². The molecule has 0 atom stereocenters. The van der Waals surface area contributed by atoms with Crippen LogP contribution in [0.25, 0.3) is 5.57 Å². The minimum Gasteiger partial charge on any atom is -0.389 e. The maximum absolute atomic E-state index is 10.9. The predicted molar refractivity (Wildman–Crippen MR) is 70.2 cm³/mol. The Hall–Kier alpha value is -1.80. The van der Waals surface area contributed by atoms with Crippen LogP contribution in [0.3, 0.4) is 0 Å². The van der Waals surface area contributed by atoms with Crippen molar-refractivity contribution >= 4 is 15.7 Å². The molecular weight excluding hydrogens is 250 g/mol. The van der Waals surface area contributed by atoms with Crippen LogP contribution in [0.1, 0.15) is 22.3 Å². The second-order valence-electron chi connectivity index (χ2n) is 4.22. The maximum Gasteiger partial charge on any atom is 0.305 e. The lowest BCUT2D eigenvalue weighted by atomic mass is 9.95. The summed E-state index contributed by atoms with van der Waals surface area (Å²) in [5.74, 6) is 0. The van der Waals surface area contributed by atoms with Gasteiger partial charge in [-0.15, -0.1) is 0 Å². The van der Waals surface area contributed by atoms with Crippen LogP contribution in [-0.2, 0) is 14.3 Å². The van der Waals surface area contributed by atoms with E-state index in [1.807, 2.05) is 39.0 Å². The van der Waals surface area contributed by atoms with Gasteiger partial charge in [0.15, 0.2) is 0 Å². The SMILES string of the molecule is Cc1cc(C)c(C(C#N)=COS(C)(=O)=O)c(C)c1. The van der Waals surface area contributed by atoms with E-state index in [-0.39, 0.29) is 5.57 Å². The van der Waals surface area contributed by atoms with E-state index in [1.165, 1.54) is 0 Å². The zero-order chi connectivity index (χ0) is 13.9. The standard InChI is InChI=1S/C13H15NO3S/c1-9-5-10(2)13(11(3)6-9)12(7-14)8-17-18(4,15)16/h5-6,8H,1-4H3. The number of nitrogens with zero attached hydrogens (tertiary/aromatic N) is 1. The molecule has 1 aromatic carbocycles. The first kappa shape index (κ1) is 14.3. The summed E-state index contributed by atoms with van der Waals surface area (Å²) >= 11 is 0. The summed E-state index contributed by atoms with van der Waals surface area (Å²) in [4.78, 5) is 0. The number of hydrogen-bond acceptors (Lipinski definition) is 4. The zero-order valence-electron chi connectivity index (χ0n) is 10.8. The molecule has 0 aliphatic carbocycles. The summed E-state index contributed by atoms with van der Waals surface area (Å²) in [5.41, 5.74) is 3.84. The first-order chi connectivity index (χ1) is 8.24. The minimum atomic E-state index is -3.60. The second kappa shape index (κ2) is 5.23. The predicted octanol–water partition coefficient (Wildman–Crippen LogP) is 2.45. The summed E-state index contributed by atoms with van der Waals surface area (Å²) in [6.45, 7) is 5.72. The molecule has 0 saturated carbocycles. The van der Waals surface area contributed by atoms with Crippen molar-refractivity contribution in [2.45, 2.75) is 20.8 Å². The van der Waals surface area contributed by atoms with Crippen molar-refractivity contribution in [2.75, 3.05) is 6.26 Å². The molecule has 0 aliphatic rings. The lowest BCUT2D eigenvalue weighted by molar-refractivity contribution is 0.451. The fraction of sp³-hybridized carbons (Fsp3) is 0.308. The molecule has 4 nitrogen and oxygen atoms in total. The average molecular weight is 265 g/mol. The van der Waals surface area contributed by atoms with E-state index in [1.54, 1.807) is 0 Å². The van der Waals surface area contributed by atoms with E-state index in [4.69, 9.17) is 5.26 Å². The van der Waals surface area contributed by atoms with Gasteiger partial charge in [-0.25, -0.2) is 0 Å². The van der Waals surface area contributed by atoms with Crippen LogP contribution in [0.5, 0.6) is 0 Å². The Morgan fingerprint density at radius 3 is 2.17 bits per heavy atom. The van der Waals surface area contributed by atoms with E-state index < -0.39 is 10.1 Å². The van der Waals surface area contributed by atoms with Crippen molar-refractivity contribution in [1.29, 1.82) is 5.26 Å². The lowest BCUT2D eigenvalue weighted by Gasteiger charge is -2.10. The Labute approximate surface area is 108 Å². The Morgan fingerprint density at radius 2 is 1.78 bits per heavy atom. The van der Waals surface area contributed by atoms with E-state index in [0.717, 1.165) is 29.2 Å². The molecule has 0 unspecified atom stereocenters. The van der Waals surface area contributed by atoms with E-state index in [0.29, 0.717) is 5.56 Å². The van der Waals surface area contributed by atoms with Crippen molar-refractivity contribution in [1.82, 2.24) is 0 Å².